The Labute approximate surface area is 158 Å². The number of nitrogens with one attached hydrogen (secondary N) is 2. The number of amides is 2. The highest BCUT2D eigenvalue weighted by atomic mass is 16.5. The van der Waals surface area contributed by atoms with Crippen molar-refractivity contribution < 1.29 is 19.4 Å². The average molecular weight is 368 g/mol. The van der Waals surface area contributed by atoms with Gasteiger partial charge in [-0.15, -0.1) is 0 Å². The highest BCUT2D eigenvalue weighted by molar-refractivity contribution is 6.35. The van der Waals surface area contributed by atoms with Gasteiger partial charge in [0.2, 0.25) is 0 Å². The molecule has 3 rings (SSSR count). The van der Waals surface area contributed by atoms with Crippen LogP contribution in [-0.4, -0.2) is 30.6 Å². The van der Waals surface area contributed by atoms with E-state index in [9.17, 15) is 14.7 Å². The monoisotopic (exact) mass is 368 g/mol. The summed E-state index contributed by atoms with van der Waals surface area (Å²) in [5.41, 5.74) is 0.433. The van der Waals surface area contributed by atoms with Crippen molar-refractivity contribution in [1.29, 1.82) is 0 Å². The van der Waals surface area contributed by atoms with Crippen LogP contribution in [0.4, 0.5) is 0 Å². The van der Waals surface area contributed by atoms with Crippen molar-refractivity contribution in [2.24, 2.45) is 5.92 Å². The number of carbonyl (C=O) groups is 2. The number of methoxy groups -OCH3 is 1. The molecule has 0 bridgehead atoms. The van der Waals surface area contributed by atoms with Crippen LogP contribution in [-0.2, 0) is 21.7 Å². The van der Waals surface area contributed by atoms with Crippen molar-refractivity contribution in [1.82, 2.24) is 10.6 Å². The van der Waals surface area contributed by atoms with E-state index < -0.39 is 17.4 Å². The fraction of sp³-hybridized carbons (Fsp3) is 0.333. The minimum absolute atomic E-state index is 0.00704. The third-order valence-electron chi connectivity index (χ3n) is 4.84. The van der Waals surface area contributed by atoms with Gasteiger partial charge in [0.05, 0.1) is 13.7 Å². The first-order valence-corrected chi connectivity index (χ1v) is 9.00. The largest absolute Gasteiger partial charge is 0.497 e. The Morgan fingerprint density at radius 1 is 1.07 bits per heavy atom. The van der Waals surface area contributed by atoms with Gasteiger partial charge in [-0.3, -0.25) is 9.59 Å². The molecule has 0 spiro atoms. The summed E-state index contributed by atoms with van der Waals surface area (Å²) in [6, 6.07) is 16.5. The van der Waals surface area contributed by atoms with Gasteiger partial charge in [0.15, 0.2) is 0 Å². The van der Waals surface area contributed by atoms with Gasteiger partial charge in [0, 0.05) is 6.54 Å². The van der Waals surface area contributed by atoms with Crippen LogP contribution in [0.3, 0.4) is 0 Å². The molecule has 0 aromatic heterocycles. The molecule has 1 saturated carbocycles. The van der Waals surface area contributed by atoms with Crippen LogP contribution >= 0.6 is 0 Å². The lowest BCUT2D eigenvalue weighted by Crippen LogP contribution is -2.47. The van der Waals surface area contributed by atoms with Gasteiger partial charge in [-0.05, 0) is 42.0 Å². The van der Waals surface area contributed by atoms with E-state index in [1.807, 2.05) is 42.5 Å². The molecule has 3 N–H and O–H groups in total. The van der Waals surface area contributed by atoms with Crippen molar-refractivity contribution in [3.05, 3.63) is 65.7 Å². The Balaban J connectivity index is 1.55. The maximum Gasteiger partial charge on any atom is 0.309 e. The van der Waals surface area contributed by atoms with Crippen LogP contribution in [0, 0.1) is 5.92 Å². The zero-order chi connectivity index (χ0) is 19.3. The van der Waals surface area contributed by atoms with Gasteiger partial charge >= 0.3 is 11.8 Å². The van der Waals surface area contributed by atoms with E-state index in [1.165, 1.54) is 0 Å². The molecule has 0 heterocycles. The zero-order valence-electron chi connectivity index (χ0n) is 15.3. The van der Waals surface area contributed by atoms with Gasteiger partial charge in [-0.2, -0.15) is 0 Å². The quantitative estimate of drug-likeness (QED) is 0.650. The molecule has 1 unspecified atom stereocenters. The topological polar surface area (TPSA) is 87.7 Å². The van der Waals surface area contributed by atoms with Crippen LogP contribution in [0.5, 0.6) is 5.75 Å². The molecule has 0 aliphatic heterocycles. The molecule has 6 heteroatoms. The summed E-state index contributed by atoms with van der Waals surface area (Å²) in [7, 11) is 1.57. The van der Waals surface area contributed by atoms with Gasteiger partial charge < -0.3 is 20.5 Å². The van der Waals surface area contributed by atoms with Crippen LogP contribution in [0.25, 0.3) is 0 Å². The number of aliphatic hydroxyl groups is 1. The zero-order valence-corrected chi connectivity index (χ0v) is 15.3. The molecule has 2 aromatic rings. The maximum atomic E-state index is 12.1. The smallest absolute Gasteiger partial charge is 0.309 e. The predicted octanol–water partition coefficient (Wildman–Crippen LogP) is 1.73. The van der Waals surface area contributed by atoms with E-state index in [2.05, 4.69) is 10.6 Å². The summed E-state index contributed by atoms with van der Waals surface area (Å²) < 4.78 is 5.14. The van der Waals surface area contributed by atoms with Crippen molar-refractivity contribution in [2.45, 2.75) is 25.0 Å². The Hall–Kier alpha value is -2.86. The number of hydrogen-bond acceptors (Lipinski definition) is 4. The molecule has 0 radical (unpaired) electrons. The number of rotatable bonds is 7. The predicted molar refractivity (Wildman–Crippen MR) is 101 cm³/mol. The second-order valence-electron chi connectivity index (χ2n) is 6.78. The van der Waals surface area contributed by atoms with Crippen LogP contribution in [0.15, 0.2) is 54.6 Å². The second kappa shape index (κ2) is 8.22. The Bertz CT molecular complexity index is 805. The standard InChI is InChI=1S/C21H24N2O4/c1-27-18-9-5-6-15(12-18)13-22-19(24)20(25)23-14-21(26,17-10-11-17)16-7-3-2-4-8-16/h2-9,12,17,26H,10-11,13-14H2,1H3,(H,22,24)(H,23,25). The molecule has 0 saturated heterocycles. The molecule has 1 atom stereocenters. The summed E-state index contributed by atoms with van der Waals surface area (Å²) in [6.45, 7) is 0.224. The molecular weight excluding hydrogens is 344 g/mol. The summed E-state index contributed by atoms with van der Waals surface area (Å²) >= 11 is 0. The summed E-state index contributed by atoms with van der Waals surface area (Å²) in [6.07, 6.45) is 1.81. The Morgan fingerprint density at radius 2 is 1.78 bits per heavy atom. The fourth-order valence-electron chi connectivity index (χ4n) is 3.11. The van der Waals surface area contributed by atoms with E-state index >= 15 is 0 Å². The minimum atomic E-state index is -1.15. The molecule has 2 amide bonds. The van der Waals surface area contributed by atoms with Crippen LogP contribution in [0.1, 0.15) is 24.0 Å². The van der Waals surface area contributed by atoms with E-state index in [1.54, 1.807) is 19.2 Å². The van der Waals surface area contributed by atoms with Gasteiger partial charge in [-0.25, -0.2) is 0 Å². The number of benzene rings is 2. The van der Waals surface area contributed by atoms with Gasteiger partial charge in [0.1, 0.15) is 11.4 Å². The van der Waals surface area contributed by atoms with Crippen molar-refractivity contribution in [3.63, 3.8) is 0 Å². The third-order valence-corrected chi connectivity index (χ3v) is 4.84. The summed E-state index contributed by atoms with van der Waals surface area (Å²) in [5, 5.41) is 16.2. The van der Waals surface area contributed by atoms with Crippen molar-refractivity contribution in [3.8, 4) is 5.75 Å². The van der Waals surface area contributed by atoms with Crippen LogP contribution < -0.4 is 15.4 Å². The summed E-state index contributed by atoms with van der Waals surface area (Å²) in [5.74, 6) is -0.708. The third kappa shape index (κ3) is 4.65. The van der Waals surface area contributed by atoms with Gasteiger partial charge in [0.25, 0.3) is 0 Å². The first kappa shape index (κ1) is 18.9. The number of carbonyl (C=O) groups excluding carboxylic acids is 2. The molecule has 6 nitrogen and oxygen atoms in total. The Morgan fingerprint density at radius 3 is 2.44 bits per heavy atom. The van der Waals surface area contributed by atoms with Crippen LogP contribution in [0.2, 0.25) is 0 Å². The van der Waals surface area contributed by atoms with Crippen molar-refractivity contribution in [2.75, 3.05) is 13.7 Å². The van der Waals surface area contributed by atoms with E-state index in [0.29, 0.717) is 5.75 Å². The Kier molecular flexibility index (Phi) is 5.76. The van der Waals surface area contributed by atoms with E-state index in [4.69, 9.17) is 4.74 Å². The normalized spacial score (nSPS) is 15.5. The molecule has 1 aliphatic carbocycles. The number of hydrogen-bond donors (Lipinski definition) is 3. The highest BCUT2D eigenvalue weighted by Gasteiger charge is 2.45. The fourth-order valence-corrected chi connectivity index (χ4v) is 3.11. The SMILES string of the molecule is COc1cccc(CNC(=O)C(=O)NCC(O)(c2ccccc2)C2CC2)c1. The first-order valence-electron chi connectivity index (χ1n) is 9.00. The van der Waals surface area contributed by atoms with Gasteiger partial charge in [-0.1, -0.05) is 42.5 Å². The minimum Gasteiger partial charge on any atom is -0.497 e. The lowest BCUT2D eigenvalue weighted by atomic mass is 9.88. The molecule has 27 heavy (non-hydrogen) atoms. The van der Waals surface area contributed by atoms with E-state index in [-0.39, 0.29) is 19.0 Å². The first-order chi connectivity index (χ1) is 13.0. The lowest BCUT2D eigenvalue weighted by Gasteiger charge is -2.29. The number of ether oxygens (including phenoxy) is 1. The molecule has 142 valence electrons. The second-order valence-corrected chi connectivity index (χ2v) is 6.78. The lowest BCUT2D eigenvalue weighted by molar-refractivity contribution is -0.140. The van der Waals surface area contributed by atoms with Crippen molar-refractivity contribution >= 4 is 11.8 Å². The van der Waals surface area contributed by atoms with E-state index in [0.717, 1.165) is 24.0 Å². The molecule has 1 fully saturated rings. The highest BCUT2D eigenvalue weighted by Crippen LogP contribution is 2.45. The average Bonchev–Trinajstić information content (AvgIpc) is 3.56. The summed E-state index contributed by atoms with van der Waals surface area (Å²) in [4.78, 5) is 24.2. The molecule has 1 aliphatic rings. The molecular formula is C21H24N2O4. The molecule has 2 aromatic carbocycles. The maximum absolute atomic E-state index is 12.1.